The Bertz CT molecular complexity index is 966. The number of nitrogens with zero attached hydrogens (tertiary/aromatic N) is 2. The third kappa shape index (κ3) is 4.79. The Morgan fingerprint density at radius 2 is 1.60 bits per heavy atom. The minimum atomic E-state index is -0.123. The summed E-state index contributed by atoms with van der Waals surface area (Å²) in [6.07, 6.45) is 5.30. The van der Waals surface area contributed by atoms with Crippen LogP contribution in [0, 0.1) is 0 Å². The first kappa shape index (κ1) is 20.0. The average molecular weight is 401 g/mol. The van der Waals surface area contributed by atoms with Crippen LogP contribution >= 0.6 is 0 Å². The van der Waals surface area contributed by atoms with Crippen LogP contribution in [0.2, 0.25) is 0 Å². The lowest BCUT2D eigenvalue weighted by molar-refractivity contribution is 0.102. The number of amides is 1. The van der Waals surface area contributed by atoms with Crippen LogP contribution in [-0.2, 0) is 0 Å². The second-order valence-electron chi connectivity index (χ2n) is 7.73. The fourth-order valence-electron chi connectivity index (χ4n) is 3.86. The maximum Gasteiger partial charge on any atom is 0.259 e. The number of aromatic nitrogens is 1. The molecule has 0 bridgehead atoms. The largest absolute Gasteiger partial charge is 0.379 e. The zero-order valence-electron chi connectivity index (χ0n) is 17.3. The van der Waals surface area contributed by atoms with E-state index >= 15 is 0 Å². The fourth-order valence-corrected chi connectivity index (χ4v) is 3.86. The highest BCUT2D eigenvalue weighted by Gasteiger charge is 2.19. The number of piperidine rings is 1. The number of pyridine rings is 1. The van der Waals surface area contributed by atoms with E-state index in [1.54, 1.807) is 6.20 Å². The van der Waals surface area contributed by atoms with Gasteiger partial charge in [0.2, 0.25) is 0 Å². The van der Waals surface area contributed by atoms with Crippen LogP contribution in [-0.4, -0.2) is 24.0 Å². The Hall–Kier alpha value is -3.34. The molecule has 2 N–H and O–H groups in total. The quantitative estimate of drug-likeness (QED) is 0.574. The van der Waals surface area contributed by atoms with Crippen molar-refractivity contribution in [3.05, 3.63) is 84.1 Å². The molecule has 1 aliphatic heterocycles. The molecule has 2 aromatic carbocycles. The Balaban J connectivity index is 1.42. The molecule has 5 heteroatoms. The Labute approximate surface area is 178 Å². The maximum atomic E-state index is 12.9. The molecule has 1 atom stereocenters. The SMILES string of the molecule is CC(Nc1ccc(NC(=O)c2cccnc2N2CCCCC2)cc1)c1ccccc1. The molecule has 1 fully saturated rings. The second-order valence-corrected chi connectivity index (χ2v) is 7.73. The van der Waals surface area contributed by atoms with Crippen LogP contribution in [0.4, 0.5) is 17.2 Å². The van der Waals surface area contributed by atoms with Crippen molar-refractivity contribution < 1.29 is 4.79 Å². The third-order valence-electron chi connectivity index (χ3n) is 5.51. The van der Waals surface area contributed by atoms with E-state index in [1.165, 1.54) is 12.0 Å². The van der Waals surface area contributed by atoms with Crippen molar-refractivity contribution in [1.82, 2.24) is 4.98 Å². The predicted octanol–water partition coefficient (Wildman–Crippen LogP) is 5.50. The van der Waals surface area contributed by atoms with Crippen LogP contribution in [0.25, 0.3) is 0 Å². The molecule has 3 aromatic rings. The van der Waals surface area contributed by atoms with Crippen LogP contribution in [0.5, 0.6) is 0 Å². The van der Waals surface area contributed by atoms with Crippen molar-refractivity contribution in [3.63, 3.8) is 0 Å². The van der Waals surface area contributed by atoms with Crippen LogP contribution in [0.15, 0.2) is 72.9 Å². The molecule has 1 unspecified atom stereocenters. The van der Waals surface area contributed by atoms with Crippen molar-refractivity contribution in [1.29, 1.82) is 0 Å². The van der Waals surface area contributed by atoms with Crippen molar-refractivity contribution in [2.75, 3.05) is 28.6 Å². The first-order valence-corrected chi connectivity index (χ1v) is 10.6. The number of hydrogen-bond acceptors (Lipinski definition) is 4. The number of rotatable bonds is 6. The fraction of sp³-hybridized carbons (Fsp3) is 0.280. The van der Waals surface area contributed by atoms with Gasteiger partial charge in [0, 0.05) is 36.7 Å². The summed E-state index contributed by atoms with van der Waals surface area (Å²) in [6, 6.07) is 22.0. The molecule has 0 saturated carbocycles. The van der Waals surface area contributed by atoms with E-state index in [0.717, 1.165) is 43.1 Å². The molecule has 1 amide bonds. The molecule has 1 saturated heterocycles. The highest BCUT2D eigenvalue weighted by molar-refractivity contribution is 6.07. The van der Waals surface area contributed by atoms with E-state index in [0.29, 0.717) is 5.56 Å². The first-order chi connectivity index (χ1) is 14.7. The van der Waals surface area contributed by atoms with Gasteiger partial charge >= 0.3 is 0 Å². The molecule has 154 valence electrons. The van der Waals surface area contributed by atoms with Crippen molar-refractivity contribution in [2.45, 2.75) is 32.2 Å². The van der Waals surface area contributed by atoms with Crippen molar-refractivity contribution >= 4 is 23.1 Å². The zero-order valence-corrected chi connectivity index (χ0v) is 17.3. The van der Waals surface area contributed by atoms with Gasteiger partial charge in [-0.25, -0.2) is 4.98 Å². The van der Waals surface area contributed by atoms with Crippen molar-refractivity contribution in [2.24, 2.45) is 0 Å². The van der Waals surface area contributed by atoms with Gasteiger partial charge in [-0.05, 0) is 68.1 Å². The molecule has 0 spiro atoms. The van der Waals surface area contributed by atoms with E-state index in [1.807, 2.05) is 54.6 Å². The van der Waals surface area contributed by atoms with Gasteiger partial charge in [0.1, 0.15) is 5.82 Å². The van der Waals surface area contributed by atoms with E-state index < -0.39 is 0 Å². The van der Waals surface area contributed by atoms with Crippen LogP contribution < -0.4 is 15.5 Å². The number of carbonyl (C=O) groups is 1. The summed E-state index contributed by atoms with van der Waals surface area (Å²) in [5, 5.41) is 6.51. The van der Waals surface area contributed by atoms with Crippen LogP contribution in [0.3, 0.4) is 0 Å². The molecule has 5 nitrogen and oxygen atoms in total. The van der Waals surface area contributed by atoms with Crippen molar-refractivity contribution in [3.8, 4) is 0 Å². The van der Waals surface area contributed by atoms with Gasteiger partial charge in [-0.15, -0.1) is 0 Å². The minimum Gasteiger partial charge on any atom is -0.379 e. The number of nitrogens with one attached hydrogen (secondary N) is 2. The van der Waals surface area contributed by atoms with E-state index in [-0.39, 0.29) is 11.9 Å². The number of hydrogen-bond donors (Lipinski definition) is 2. The highest BCUT2D eigenvalue weighted by atomic mass is 16.1. The minimum absolute atomic E-state index is 0.123. The van der Waals surface area contributed by atoms with Gasteiger partial charge in [0.15, 0.2) is 0 Å². The van der Waals surface area contributed by atoms with E-state index in [4.69, 9.17) is 0 Å². The Morgan fingerprint density at radius 1 is 0.900 bits per heavy atom. The molecule has 4 rings (SSSR count). The maximum absolute atomic E-state index is 12.9. The first-order valence-electron chi connectivity index (χ1n) is 10.6. The lowest BCUT2D eigenvalue weighted by atomic mass is 10.1. The topological polar surface area (TPSA) is 57.3 Å². The van der Waals surface area contributed by atoms with Gasteiger partial charge < -0.3 is 15.5 Å². The highest BCUT2D eigenvalue weighted by Crippen LogP contribution is 2.24. The number of anilines is 3. The Kier molecular flexibility index (Phi) is 6.28. The molecule has 30 heavy (non-hydrogen) atoms. The summed E-state index contributed by atoms with van der Waals surface area (Å²) in [7, 11) is 0. The monoisotopic (exact) mass is 400 g/mol. The van der Waals surface area contributed by atoms with E-state index in [2.05, 4.69) is 39.6 Å². The average Bonchev–Trinajstić information content (AvgIpc) is 2.81. The van der Waals surface area contributed by atoms with Crippen LogP contribution in [0.1, 0.15) is 48.1 Å². The normalized spacial score (nSPS) is 14.8. The van der Waals surface area contributed by atoms with Gasteiger partial charge in [-0.2, -0.15) is 0 Å². The molecular formula is C25H28N4O. The molecule has 1 aromatic heterocycles. The molecule has 1 aliphatic rings. The molecular weight excluding hydrogens is 372 g/mol. The van der Waals surface area contributed by atoms with Gasteiger partial charge in [0.25, 0.3) is 5.91 Å². The lowest BCUT2D eigenvalue weighted by Gasteiger charge is -2.29. The molecule has 2 heterocycles. The summed E-state index contributed by atoms with van der Waals surface area (Å²) in [5.74, 6) is 0.659. The standard InChI is InChI=1S/C25H28N4O/c1-19(20-9-4-2-5-10-20)27-21-12-14-22(15-13-21)28-25(30)23-11-8-16-26-24(23)29-17-6-3-7-18-29/h2,4-5,8-16,19,27H,3,6-7,17-18H2,1H3,(H,28,30). The predicted molar refractivity (Wildman–Crippen MR) is 123 cm³/mol. The van der Waals surface area contributed by atoms with Gasteiger partial charge in [0.05, 0.1) is 5.56 Å². The summed E-state index contributed by atoms with van der Waals surface area (Å²) in [4.78, 5) is 19.6. The summed E-state index contributed by atoms with van der Waals surface area (Å²) >= 11 is 0. The second kappa shape index (κ2) is 9.44. The summed E-state index contributed by atoms with van der Waals surface area (Å²) in [6.45, 7) is 4.05. The van der Waals surface area contributed by atoms with Gasteiger partial charge in [-0.3, -0.25) is 4.79 Å². The third-order valence-corrected chi connectivity index (χ3v) is 5.51. The van der Waals surface area contributed by atoms with Gasteiger partial charge in [-0.1, -0.05) is 30.3 Å². The summed E-state index contributed by atoms with van der Waals surface area (Å²) < 4.78 is 0. The number of carbonyl (C=O) groups excluding carboxylic acids is 1. The molecule has 0 radical (unpaired) electrons. The van der Waals surface area contributed by atoms with E-state index in [9.17, 15) is 4.79 Å². The lowest BCUT2D eigenvalue weighted by Crippen LogP contribution is -2.32. The zero-order chi connectivity index (χ0) is 20.8. The molecule has 0 aliphatic carbocycles. The summed E-state index contributed by atoms with van der Waals surface area (Å²) in [5.41, 5.74) is 3.64. The smallest absolute Gasteiger partial charge is 0.259 e. The number of benzene rings is 2. The Morgan fingerprint density at radius 3 is 2.33 bits per heavy atom.